The molecule has 0 unspecified atom stereocenters. The van der Waals surface area contributed by atoms with E-state index in [2.05, 4.69) is 24.6 Å². The Labute approximate surface area is 117 Å². The summed E-state index contributed by atoms with van der Waals surface area (Å²) < 4.78 is 8.35. The fourth-order valence-electron chi connectivity index (χ4n) is 1.04. The number of carbonyl (C=O) groups excluding carboxylic acids is 3. The number of anilines is 1. The van der Waals surface area contributed by atoms with Crippen LogP contribution in [0.1, 0.15) is 19.7 Å². The Balaban J connectivity index is 2.81. The van der Waals surface area contributed by atoms with Crippen molar-refractivity contribution in [3.8, 4) is 0 Å². The first kappa shape index (κ1) is 15.5. The average Bonchev–Trinajstić information content (AvgIpc) is 2.77. The fourth-order valence-corrected chi connectivity index (χ4v) is 1.59. The molecule has 0 atom stereocenters. The Bertz CT molecular complexity index is 555. The predicted octanol–water partition coefficient (Wildman–Crippen LogP) is -0.0525. The average molecular weight is 301 g/mol. The molecule has 1 aromatic heterocycles. The number of amides is 3. The van der Waals surface area contributed by atoms with Crippen LogP contribution in [-0.2, 0) is 14.3 Å². The number of hydrogen-bond donors (Lipinski definition) is 3. The monoisotopic (exact) mass is 301 g/mol. The topological polar surface area (TPSA) is 143 Å². The van der Waals surface area contributed by atoms with E-state index in [1.165, 1.54) is 0 Å². The van der Waals surface area contributed by atoms with E-state index in [-0.39, 0.29) is 17.6 Å². The van der Waals surface area contributed by atoms with E-state index < -0.39 is 23.6 Å². The van der Waals surface area contributed by atoms with Gasteiger partial charge in [-0.3, -0.25) is 20.2 Å². The molecule has 0 aliphatic rings. The molecule has 10 nitrogen and oxygen atoms in total. The quantitative estimate of drug-likeness (QED) is 0.402. The lowest BCUT2D eigenvalue weighted by Gasteiger charge is -2.00. The molecule has 0 spiro atoms. The van der Waals surface area contributed by atoms with E-state index in [0.29, 0.717) is 0 Å². The van der Waals surface area contributed by atoms with Crippen LogP contribution in [0.4, 0.5) is 9.93 Å². The van der Waals surface area contributed by atoms with Crippen LogP contribution in [-0.4, -0.2) is 44.8 Å². The number of aromatic nitrogens is 2. The summed E-state index contributed by atoms with van der Waals surface area (Å²) in [7, 11) is 0. The molecule has 0 saturated heterocycles. The van der Waals surface area contributed by atoms with Crippen LogP contribution in [0, 0.1) is 0 Å². The molecular formula is C9H11N5O5S. The third-order valence-electron chi connectivity index (χ3n) is 1.73. The minimum absolute atomic E-state index is 0.0511. The van der Waals surface area contributed by atoms with Gasteiger partial charge in [-0.25, -0.2) is 4.79 Å². The first-order valence-electron chi connectivity index (χ1n) is 5.29. The molecule has 0 aliphatic carbocycles. The second kappa shape index (κ2) is 7.13. The normalized spacial score (nSPS) is 10.8. The summed E-state index contributed by atoms with van der Waals surface area (Å²) in [6, 6.07) is 0. The minimum atomic E-state index is -0.958. The van der Waals surface area contributed by atoms with Gasteiger partial charge in [-0.1, -0.05) is 5.16 Å². The number of rotatable bonds is 4. The minimum Gasteiger partial charge on any atom is -0.450 e. The second-order valence-electron chi connectivity index (χ2n) is 3.23. The molecule has 11 heteroatoms. The van der Waals surface area contributed by atoms with Crippen LogP contribution in [0.5, 0.6) is 0 Å². The van der Waals surface area contributed by atoms with Crippen LogP contribution in [0.2, 0.25) is 0 Å². The lowest BCUT2D eigenvalue weighted by atomic mass is 10.3. The molecule has 3 N–H and O–H groups in total. The van der Waals surface area contributed by atoms with Crippen LogP contribution in [0.15, 0.2) is 5.16 Å². The Morgan fingerprint density at radius 3 is 2.70 bits per heavy atom. The zero-order valence-corrected chi connectivity index (χ0v) is 11.4. The van der Waals surface area contributed by atoms with Crippen molar-refractivity contribution >= 4 is 40.3 Å². The summed E-state index contributed by atoms with van der Waals surface area (Å²) in [5.41, 5.74) is -0.548. The smallest absolute Gasteiger partial charge is 0.413 e. The Hall–Kier alpha value is -2.56. The third kappa shape index (κ3) is 4.28. The van der Waals surface area contributed by atoms with E-state index in [0.717, 1.165) is 18.5 Å². The molecular weight excluding hydrogens is 290 g/mol. The molecule has 0 aliphatic heterocycles. The number of imide groups is 1. The summed E-state index contributed by atoms with van der Waals surface area (Å²) in [4.78, 5) is 37.2. The summed E-state index contributed by atoms with van der Waals surface area (Å²) in [6.07, 6.45) is -0.731. The van der Waals surface area contributed by atoms with Crippen LogP contribution in [0.3, 0.4) is 0 Å². The highest BCUT2D eigenvalue weighted by atomic mass is 32.1. The Morgan fingerprint density at radius 1 is 1.45 bits per heavy atom. The van der Waals surface area contributed by atoms with Gasteiger partial charge in [-0.15, -0.1) is 0 Å². The van der Waals surface area contributed by atoms with Gasteiger partial charge in [0.15, 0.2) is 0 Å². The number of oxime groups is 1. The first-order valence-corrected chi connectivity index (χ1v) is 6.07. The van der Waals surface area contributed by atoms with Crippen molar-refractivity contribution in [1.82, 2.24) is 14.7 Å². The molecule has 1 aromatic rings. The zero-order valence-electron chi connectivity index (χ0n) is 10.5. The summed E-state index contributed by atoms with van der Waals surface area (Å²) in [5.74, 6) is -1.82. The number of carbonyl (C=O) groups is 3. The van der Waals surface area contributed by atoms with Crippen molar-refractivity contribution < 1.29 is 24.3 Å². The van der Waals surface area contributed by atoms with Gasteiger partial charge in [-0.2, -0.15) is 9.36 Å². The Kier molecular flexibility index (Phi) is 5.53. The maximum Gasteiger partial charge on any atom is 0.413 e. The molecule has 20 heavy (non-hydrogen) atoms. The highest BCUT2D eigenvalue weighted by Crippen LogP contribution is 2.12. The fraction of sp³-hybridized carbons (Fsp3) is 0.333. The van der Waals surface area contributed by atoms with Gasteiger partial charge < -0.3 is 9.94 Å². The van der Waals surface area contributed by atoms with E-state index in [1.54, 1.807) is 6.92 Å². The first-order chi connectivity index (χ1) is 9.47. The second-order valence-corrected chi connectivity index (χ2v) is 3.98. The Morgan fingerprint density at radius 2 is 2.15 bits per heavy atom. The van der Waals surface area contributed by atoms with Gasteiger partial charge in [-0.05, 0) is 6.92 Å². The van der Waals surface area contributed by atoms with Gasteiger partial charge in [0, 0.05) is 18.5 Å². The van der Waals surface area contributed by atoms with E-state index >= 15 is 0 Å². The highest BCUT2D eigenvalue weighted by Gasteiger charge is 2.21. The zero-order chi connectivity index (χ0) is 15.1. The molecule has 3 amide bonds. The standard InChI is InChI=1S/C9H11N5O5S/c1-3-19-9(17)12-8-11-6(14-20-8)5(13-18)7(16)10-4(2)15/h18H,3H2,1-2H3,(H,10,15,16)(H,11,12,14,17)/b13-5-. The van der Waals surface area contributed by atoms with Crippen molar-refractivity contribution in [2.24, 2.45) is 5.16 Å². The maximum absolute atomic E-state index is 11.5. The van der Waals surface area contributed by atoms with Gasteiger partial charge in [0.25, 0.3) is 5.91 Å². The third-order valence-corrected chi connectivity index (χ3v) is 2.36. The van der Waals surface area contributed by atoms with E-state index in [9.17, 15) is 14.4 Å². The predicted molar refractivity (Wildman–Crippen MR) is 67.7 cm³/mol. The van der Waals surface area contributed by atoms with Crippen LogP contribution < -0.4 is 10.6 Å². The van der Waals surface area contributed by atoms with Gasteiger partial charge >= 0.3 is 6.09 Å². The number of ether oxygens (including phenoxy) is 1. The molecule has 1 rings (SSSR count). The molecule has 0 saturated carbocycles. The summed E-state index contributed by atoms with van der Waals surface area (Å²) in [5, 5.41) is 15.7. The molecule has 0 bridgehead atoms. The number of hydrogen-bond acceptors (Lipinski definition) is 9. The molecule has 0 aromatic carbocycles. The highest BCUT2D eigenvalue weighted by molar-refractivity contribution is 7.10. The molecule has 1 heterocycles. The number of nitrogens with one attached hydrogen (secondary N) is 2. The largest absolute Gasteiger partial charge is 0.450 e. The summed E-state index contributed by atoms with van der Waals surface area (Å²) >= 11 is 0.754. The van der Waals surface area contributed by atoms with E-state index in [4.69, 9.17) is 5.21 Å². The van der Waals surface area contributed by atoms with Crippen molar-refractivity contribution in [1.29, 1.82) is 0 Å². The SMILES string of the molecule is CCOC(=O)Nc1nc(/C(=N/O)C(=O)NC(C)=O)ns1. The lowest BCUT2D eigenvalue weighted by Crippen LogP contribution is -2.35. The summed E-state index contributed by atoms with van der Waals surface area (Å²) in [6.45, 7) is 2.94. The van der Waals surface area contributed by atoms with Crippen LogP contribution >= 0.6 is 11.5 Å². The molecule has 108 valence electrons. The van der Waals surface area contributed by atoms with Gasteiger partial charge in [0.2, 0.25) is 22.6 Å². The lowest BCUT2D eigenvalue weighted by molar-refractivity contribution is -0.125. The van der Waals surface area contributed by atoms with Gasteiger partial charge in [0.05, 0.1) is 6.61 Å². The van der Waals surface area contributed by atoms with Crippen molar-refractivity contribution in [2.45, 2.75) is 13.8 Å². The van der Waals surface area contributed by atoms with Gasteiger partial charge in [0.1, 0.15) is 0 Å². The maximum atomic E-state index is 11.5. The van der Waals surface area contributed by atoms with Crippen molar-refractivity contribution in [3.05, 3.63) is 5.82 Å². The molecule has 0 fully saturated rings. The number of nitrogens with zero attached hydrogens (tertiary/aromatic N) is 3. The molecule has 0 radical (unpaired) electrons. The van der Waals surface area contributed by atoms with E-state index in [1.807, 2.05) is 5.32 Å². The van der Waals surface area contributed by atoms with Crippen molar-refractivity contribution in [2.75, 3.05) is 11.9 Å². The van der Waals surface area contributed by atoms with Crippen molar-refractivity contribution in [3.63, 3.8) is 0 Å². The van der Waals surface area contributed by atoms with Crippen LogP contribution in [0.25, 0.3) is 0 Å².